The topological polar surface area (TPSA) is 345 Å². The molecule has 0 aromatic heterocycles. The van der Waals surface area contributed by atoms with Gasteiger partial charge in [0, 0.05) is 0 Å². The summed E-state index contributed by atoms with van der Waals surface area (Å²) in [7, 11) is -21.6. The van der Waals surface area contributed by atoms with Crippen molar-refractivity contribution < 1.29 is 127 Å². The average molecular weight is 677 g/mol. The summed E-state index contributed by atoms with van der Waals surface area (Å²) in [6, 6.07) is 0. The molecular formula is Ca3Co3O16P4. The molecule has 26 heavy (non-hydrogen) atoms. The summed E-state index contributed by atoms with van der Waals surface area (Å²) in [6.45, 7) is 0. The fraction of sp³-hybridized carbons (Fsp3) is 0. The minimum Gasteiger partial charge on any atom is -0.822 e. The van der Waals surface area contributed by atoms with Gasteiger partial charge in [0.25, 0.3) is 0 Å². The summed E-state index contributed by atoms with van der Waals surface area (Å²) >= 11 is 0. The molecule has 0 amide bonds. The summed E-state index contributed by atoms with van der Waals surface area (Å²) in [6.07, 6.45) is 0. The first-order chi connectivity index (χ1) is 8.00. The summed E-state index contributed by atoms with van der Waals surface area (Å²) in [5, 5.41) is 0. The Kier molecular flexibility index (Phi) is 75.0. The van der Waals surface area contributed by atoms with Crippen LogP contribution in [0.2, 0.25) is 0 Å². The first kappa shape index (κ1) is 63.5. The molecule has 0 rings (SSSR count). The molecule has 0 spiro atoms. The van der Waals surface area contributed by atoms with Gasteiger partial charge in [0.2, 0.25) is 0 Å². The van der Waals surface area contributed by atoms with E-state index in [0.717, 1.165) is 0 Å². The Morgan fingerprint density at radius 1 is 0.308 bits per heavy atom. The summed E-state index contributed by atoms with van der Waals surface area (Å²) in [5.74, 6) is 0. The van der Waals surface area contributed by atoms with E-state index in [1.54, 1.807) is 0 Å². The van der Waals surface area contributed by atoms with E-state index in [2.05, 4.69) is 0 Å². The van der Waals surface area contributed by atoms with E-state index in [4.69, 9.17) is 77.0 Å². The van der Waals surface area contributed by atoms with Crippen LogP contribution in [0.5, 0.6) is 0 Å². The van der Waals surface area contributed by atoms with Crippen LogP contribution in [0.15, 0.2) is 0 Å². The van der Waals surface area contributed by atoms with E-state index in [1.807, 2.05) is 0 Å². The number of hydrogen-bond acceptors (Lipinski definition) is 16. The first-order valence-electron chi connectivity index (χ1n) is 2.92. The Hall–Kier alpha value is 5.74. The molecule has 0 aliphatic carbocycles. The van der Waals surface area contributed by atoms with Crippen LogP contribution in [0.3, 0.4) is 0 Å². The van der Waals surface area contributed by atoms with E-state index in [-0.39, 0.29) is 164 Å². The molecule has 3 radical (unpaired) electrons. The molecule has 0 aliphatic heterocycles. The molecular weight excluding hydrogens is 677 g/mol. The third-order valence-electron chi connectivity index (χ3n) is 0. The molecule has 0 bridgehead atoms. The van der Waals surface area contributed by atoms with Crippen LogP contribution in [-0.2, 0) is 68.6 Å². The first-order valence-corrected chi connectivity index (χ1v) is 8.76. The third-order valence-corrected chi connectivity index (χ3v) is 0. The Labute approximate surface area is 266 Å². The van der Waals surface area contributed by atoms with Crippen LogP contribution in [-0.4, -0.2) is 113 Å². The predicted octanol–water partition coefficient (Wildman–Crippen LogP) is -12.4. The van der Waals surface area contributed by atoms with Crippen molar-refractivity contribution >= 4 is 145 Å². The molecule has 0 heterocycles. The second-order valence-corrected chi connectivity index (χ2v) is 5.37. The average Bonchev–Trinajstić information content (AvgIpc) is 1.62. The molecule has 26 heteroatoms. The maximum absolute atomic E-state index is 8.55. The largest absolute Gasteiger partial charge is 2.00 e. The standard InChI is InChI=1S/3Ca.3Co.4H3O4P/c;;;;;;4*1-5(2,3)4/h;;;;;;4*(H3,1,2,3,4)/q6*+2;;;;/p-12. The fourth-order valence-corrected chi connectivity index (χ4v) is 0. The van der Waals surface area contributed by atoms with Gasteiger partial charge in [0.15, 0.2) is 0 Å². The van der Waals surface area contributed by atoms with Crippen molar-refractivity contribution in [2.45, 2.75) is 0 Å². The van der Waals surface area contributed by atoms with Gasteiger partial charge in [-0.3, -0.25) is 0 Å². The zero-order valence-corrected chi connectivity index (χ0v) is 24.8. The molecule has 149 valence electrons. The van der Waals surface area contributed by atoms with Crippen LogP contribution in [0.25, 0.3) is 0 Å². The molecule has 0 aromatic rings. The Morgan fingerprint density at radius 2 is 0.308 bits per heavy atom. The van der Waals surface area contributed by atoms with Crippen molar-refractivity contribution in [3.05, 3.63) is 0 Å². The van der Waals surface area contributed by atoms with Gasteiger partial charge in [-0.05, 0) is 0 Å². The predicted molar refractivity (Wildman–Crippen MR) is 47.7 cm³/mol. The molecule has 16 nitrogen and oxygen atoms in total. The normalized spacial score (nSPS) is 9.08. The third kappa shape index (κ3) is 746. The molecule has 0 N–H and O–H groups in total. The fourth-order valence-electron chi connectivity index (χ4n) is 0. The maximum atomic E-state index is 8.55. The number of hydrogen-bond donors (Lipinski definition) is 0. The molecule has 0 aromatic carbocycles. The Morgan fingerprint density at radius 3 is 0.308 bits per heavy atom. The number of rotatable bonds is 0. The van der Waals surface area contributed by atoms with Crippen molar-refractivity contribution in [3.63, 3.8) is 0 Å². The van der Waals surface area contributed by atoms with Gasteiger partial charge in [-0.25, -0.2) is 0 Å². The smallest absolute Gasteiger partial charge is 0.822 e. The zero-order chi connectivity index (χ0) is 18.0. The van der Waals surface area contributed by atoms with Crippen molar-refractivity contribution in [2.75, 3.05) is 0 Å². The van der Waals surface area contributed by atoms with E-state index >= 15 is 0 Å². The van der Waals surface area contributed by atoms with Gasteiger partial charge >= 0.3 is 164 Å². The van der Waals surface area contributed by atoms with Crippen molar-refractivity contribution in [2.24, 2.45) is 0 Å². The molecule has 0 atom stereocenters. The van der Waals surface area contributed by atoms with Gasteiger partial charge in [-0.1, -0.05) is 0 Å². The molecule has 0 aliphatic rings. The van der Waals surface area contributed by atoms with Crippen LogP contribution in [0.1, 0.15) is 0 Å². The van der Waals surface area contributed by atoms with E-state index in [9.17, 15) is 0 Å². The van der Waals surface area contributed by atoms with Crippen LogP contribution in [0.4, 0.5) is 0 Å². The van der Waals surface area contributed by atoms with Gasteiger partial charge in [-0.2, -0.15) is 31.3 Å². The summed E-state index contributed by atoms with van der Waals surface area (Å²) in [4.78, 5) is 103. The van der Waals surface area contributed by atoms with E-state index < -0.39 is 31.3 Å². The minimum atomic E-state index is -5.39. The van der Waals surface area contributed by atoms with Gasteiger partial charge in [-0.15, -0.1) is 0 Å². The monoisotopic (exact) mass is 677 g/mol. The second-order valence-electron chi connectivity index (χ2n) is 1.79. The SMILES string of the molecule is O=P([O-])([O-])[O-].O=P([O-])([O-])[O-].O=P([O-])([O-])[O-].O=P([O-])([O-])[O-].[Ca+2].[Ca+2].[Ca+2].[Co+2].[Co+2].[Co+2]. The minimum absolute atomic E-state index is 0. The van der Waals surface area contributed by atoms with Crippen LogP contribution in [0, 0.1) is 0 Å². The van der Waals surface area contributed by atoms with E-state index in [1.165, 1.54) is 0 Å². The molecule has 0 fully saturated rings. The van der Waals surface area contributed by atoms with Gasteiger partial charge in [0.05, 0.1) is 0 Å². The summed E-state index contributed by atoms with van der Waals surface area (Å²) in [5.41, 5.74) is 0. The molecule has 0 unspecified atom stereocenters. The van der Waals surface area contributed by atoms with Crippen LogP contribution >= 0.6 is 31.3 Å². The number of phosphoric acid groups is 4. The zero-order valence-electron chi connectivity index (χ0n) is 11.4. The van der Waals surface area contributed by atoms with Crippen molar-refractivity contribution in [1.29, 1.82) is 0 Å². The van der Waals surface area contributed by atoms with Crippen molar-refractivity contribution in [3.8, 4) is 0 Å². The van der Waals surface area contributed by atoms with Crippen LogP contribution < -0.4 is 58.7 Å². The quantitative estimate of drug-likeness (QED) is 0.170. The Balaban J connectivity index is -0.0000000152. The van der Waals surface area contributed by atoms with Gasteiger partial charge in [0.1, 0.15) is 0 Å². The van der Waals surface area contributed by atoms with Gasteiger partial charge < -0.3 is 77.0 Å². The van der Waals surface area contributed by atoms with E-state index in [0.29, 0.717) is 0 Å². The maximum Gasteiger partial charge on any atom is 2.00 e. The molecule has 0 saturated heterocycles. The molecule has 0 saturated carbocycles. The summed E-state index contributed by atoms with van der Waals surface area (Å²) < 4.78 is 34.2. The Bertz CT molecular complexity index is 305. The second kappa shape index (κ2) is 30.7. The van der Waals surface area contributed by atoms with Crippen molar-refractivity contribution in [1.82, 2.24) is 0 Å².